The van der Waals surface area contributed by atoms with E-state index >= 15 is 0 Å². The molecule has 0 bridgehead atoms. The number of rotatable bonds is 5. The molecule has 2 aromatic heterocycles. The highest BCUT2D eigenvalue weighted by molar-refractivity contribution is 6.03. The van der Waals surface area contributed by atoms with E-state index < -0.39 is 11.9 Å². The lowest BCUT2D eigenvalue weighted by molar-refractivity contribution is -0.120. The molecule has 0 atom stereocenters. The number of anilines is 1. The second kappa shape index (κ2) is 6.59. The molecule has 2 heterocycles. The van der Waals surface area contributed by atoms with Crippen molar-refractivity contribution >= 4 is 23.1 Å². The maximum atomic E-state index is 14.3. The number of hydrogen-bond acceptors (Lipinski definition) is 3. The standard InChI is InChI=1S/C19H17FN4O2/c20-18-17(23-15-3-1-2-10-24(15)18)19(26)22-14-6-4-12(5-7-14)11-16(25)21-13-8-9-13/h1-7,10,13H,8-9,11H2,(H,21,25)(H,22,26). The van der Waals surface area contributed by atoms with Crippen molar-refractivity contribution in [2.45, 2.75) is 25.3 Å². The van der Waals surface area contributed by atoms with Gasteiger partial charge in [0.2, 0.25) is 11.9 Å². The highest BCUT2D eigenvalue weighted by Crippen LogP contribution is 2.19. The Kier molecular flexibility index (Phi) is 4.12. The first-order valence-corrected chi connectivity index (χ1v) is 8.42. The molecule has 1 aliphatic carbocycles. The molecule has 1 aromatic carbocycles. The molecule has 0 radical (unpaired) electrons. The van der Waals surface area contributed by atoms with Gasteiger partial charge in [-0.2, -0.15) is 4.39 Å². The predicted octanol–water partition coefficient (Wildman–Crippen LogP) is 2.55. The second-order valence-corrected chi connectivity index (χ2v) is 6.35. The first-order valence-electron chi connectivity index (χ1n) is 8.42. The van der Waals surface area contributed by atoms with Gasteiger partial charge in [-0.15, -0.1) is 0 Å². The number of carbonyl (C=O) groups is 2. The number of nitrogens with zero attached hydrogens (tertiary/aromatic N) is 2. The molecule has 0 unspecified atom stereocenters. The van der Waals surface area contributed by atoms with E-state index in [0.717, 1.165) is 18.4 Å². The van der Waals surface area contributed by atoms with Gasteiger partial charge in [0.1, 0.15) is 5.65 Å². The van der Waals surface area contributed by atoms with Gasteiger partial charge in [-0.05, 0) is 42.7 Å². The van der Waals surface area contributed by atoms with Crippen LogP contribution in [0.2, 0.25) is 0 Å². The van der Waals surface area contributed by atoms with Crippen LogP contribution in [-0.2, 0) is 11.2 Å². The minimum Gasteiger partial charge on any atom is -0.353 e. The Morgan fingerprint density at radius 2 is 1.92 bits per heavy atom. The predicted molar refractivity (Wildman–Crippen MR) is 94.4 cm³/mol. The Labute approximate surface area is 149 Å². The second-order valence-electron chi connectivity index (χ2n) is 6.35. The number of hydrogen-bond donors (Lipinski definition) is 2. The Bertz CT molecular complexity index is 977. The number of amides is 2. The average Bonchev–Trinajstić information content (AvgIpc) is 3.38. The van der Waals surface area contributed by atoms with Crippen LogP contribution in [0.5, 0.6) is 0 Å². The molecule has 1 saturated carbocycles. The summed E-state index contributed by atoms with van der Waals surface area (Å²) in [5.74, 6) is -1.33. The topological polar surface area (TPSA) is 75.5 Å². The lowest BCUT2D eigenvalue weighted by Gasteiger charge is -2.06. The minimum atomic E-state index is -0.702. The number of nitrogens with one attached hydrogen (secondary N) is 2. The largest absolute Gasteiger partial charge is 0.353 e. The Hall–Kier alpha value is -3.22. The van der Waals surface area contributed by atoms with Gasteiger partial charge >= 0.3 is 0 Å². The number of carbonyl (C=O) groups excluding carboxylic acids is 2. The van der Waals surface area contributed by atoms with Crippen LogP contribution in [-0.4, -0.2) is 27.2 Å². The average molecular weight is 352 g/mol. The van der Waals surface area contributed by atoms with E-state index in [1.165, 1.54) is 10.6 Å². The number of pyridine rings is 1. The van der Waals surface area contributed by atoms with Crippen molar-refractivity contribution in [3.8, 4) is 0 Å². The summed E-state index contributed by atoms with van der Waals surface area (Å²) in [4.78, 5) is 28.1. The molecule has 2 N–H and O–H groups in total. The van der Waals surface area contributed by atoms with E-state index in [9.17, 15) is 14.0 Å². The van der Waals surface area contributed by atoms with Crippen molar-refractivity contribution < 1.29 is 14.0 Å². The summed E-state index contributed by atoms with van der Waals surface area (Å²) < 4.78 is 15.5. The summed E-state index contributed by atoms with van der Waals surface area (Å²) in [6.45, 7) is 0. The van der Waals surface area contributed by atoms with Gasteiger partial charge in [0.25, 0.3) is 5.91 Å². The molecule has 6 nitrogen and oxygen atoms in total. The Balaban J connectivity index is 1.43. The monoisotopic (exact) mass is 352 g/mol. The van der Waals surface area contributed by atoms with Crippen LogP contribution in [0.4, 0.5) is 10.1 Å². The molecule has 132 valence electrons. The van der Waals surface area contributed by atoms with E-state index in [2.05, 4.69) is 15.6 Å². The third kappa shape index (κ3) is 3.42. The number of fused-ring (bicyclic) bond motifs is 1. The van der Waals surface area contributed by atoms with E-state index in [4.69, 9.17) is 0 Å². The van der Waals surface area contributed by atoms with Gasteiger partial charge < -0.3 is 10.6 Å². The first-order chi connectivity index (χ1) is 12.6. The van der Waals surface area contributed by atoms with Crippen molar-refractivity contribution in [3.63, 3.8) is 0 Å². The maximum Gasteiger partial charge on any atom is 0.279 e. The molecule has 26 heavy (non-hydrogen) atoms. The lowest BCUT2D eigenvalue weighted by atomic mass is 10.1. The van der Waals surface area contributed by atoms with Crippen LogP contribution < -0.4 is 10.6 Å². The van der Waals surface area contributed by atoms with Crippen LogP contribution in [0.1, 0.15) is 28.9 Å². The molecule has 2 amide bonds. The van der Waals surface area contributed by atoms with E-state index in [1.807, 2.05) is 0 Å². The molecule has 1 aliphatic rings. The first kappa shape index (κ1) is 16.3. The molecular weight excluding hydrogens is 335 g/mol. The SMILES string of the molecule is O=C(Cc1ccc(NC(=O)c2nc3ccccn3c2F)cc1)NC1CC1. The Morgan fingerprint density at radius 3 is 2.62 bits per heavy atom. The van der Waals surface area contributed by atoms with Crippen molar-refractivity contribution in [2.24, 2.45) is 0 Å². The highest BCUT2D eigenvalue weighted by atomic mass is 19.1. The van der Waals surface area contributed by atoms with Gasteiger partial charge in [-0.25, -0.2) is 4.98 Å². The molecule has 0 saturated heterocycles. The molecular formula is C19H17FN4O2. The third-order valence-electron chi connectivity index (χ3n) is 4.21. The highest BCUT2D eigenvalue weighted by Gasteiger charge is 2.23. The fourth-order valence-corrected chi connectivity index (χ4v) is 2.70. The van der Waals surface area contributed by atoms with Crippen molar-refractivity contribution in [3.05, 3.63) is 65.9 Å². The van der Waals surface area contributed by atoms with Gasteiger partial charge in [-0.3, -0.25) is 14.0 Å². The molecule has 7 heteroatoms. The van der Waals surface area contributed by atoms with Crippen molar-refractivity contribution in [1.82, 2.24) is 14.7 Å². The van der Waals surface area contributed by atoms with E-state index in [-0.39, 0.29) is 11.6 Å². The van der Waals surface area contributed by atoms with Crippen LogP contribution >= 0.6 is 0 Å². The summed E-state index contributed by atoms with van der Waals surface area (Å²) in [6.07, 6.45) is 3.91. The number of benzene rings is 1. The van der Waals surface area contributed by atoms with Crippen LogP contribution in [0, 0.1) is 5.95 Å². The molecule has 4 rings (SSSR count). The van der Waals surface area contributed by atoms with E-state index in [0.29, 0.717) is 23.8 Å². The number of halogens is 1. The third-order valence-corrected chi connectivity index (χ3v) is 4.21. The summed E-state index contributed by atoms with van der Waals surface area (Å²) in [7, 11) is 0. The molecule has 0 spiro atoms. The smallest absolute Gasteiger partial charge is 0.279 e. The lowest BCUT2D eigenvalue weighted by Crippen LogP contribution is -2.26. The Morgan fingerprint density at radius 1 is 1.15 bits per heavy atom. The maximum absolute atomic E-state index is 14.3. The van der Waals surface area contributed by atoms with Crippen molar-refractivity contribution in [1.29, 1.82) is 0 Å². The normalized spacial score (nSPS) is 13.6. The quantitative estimate of drug-likeness (QED) is 0.741. The zero-order valence-corrected chi connectivity index (χ0v) is 13.9. The summed E-state index contributed by atoms with van der Waals surface area (Å²) in [6, 6.07) is 12.3. The molecule has 3 aromatic rings. The van der Waals surface area contributed by atoms with Crippen LogP contribution in [0.3, 0.4) is 0 Å². The van der Waals surface area contributed by atoms with Gasteiger partial charge in [-0.1, -0.05) is 18.2 Å². The van der Waals surface area contributed by atoms with E-state index in [1.54, 1.807) is 42.5 Å². The number of imidazole rings is 1. The molecule has 1 fully saturated rings. The minimum absolute atomic E-state index is 0.00365. The molecule has 0 aliphatic heterocycles. The fourth-order valence-electron chi connectivity index (χ4n) is 2.70. The zero-order valence-electron chi connectivity index (χ0n) is 13.9. The van der Waals surface area contributed by atoms with Gasteiger partial charge in [0, 0.05) is 17.9 Å². The van der Waals surface area contributed by atoms with Gasteiger partial charge in [0.15, 0.2) is 5.69 Å². The zero-order chi connectivity index (χ0) is 18.1. The fraction of sp³-hybridized carbons (Fsp3) is 0.211. The van der Waals surface area contributed by atoms with Gasteiger partial charge in [0.05, 0.1) is 6.42 Å². The van der Waals surface area contributed by atoms with Crippen molar-refractivity contribution in [2.75, 3.05) is 5.32 Å². The summed E-state index contributed by atoms with van der Waals surface area (Å²) in [5, 5.41) is 5.56. The van der Waals surface area contributed by atoms with Crippen LogP contribution in [0.25, 0.3) is 5.65 Å². The van der Waals surface area contributed by atoms with Crippen LogP contribution in [0.15, 0.2) is 48.7 Å². The summed E-state index contributed by atoms with van der Waals surface area (Å²) >= 11 is 0. The number of aromatic nitrogens is 2. The summed E-state index contributed by atoms with van der Waals surface area (Å²) in [5.41, 5.74) is 1.47.